The van der Waals surface area contributed by atoms with Crippen molar-refractivity contribution in [3.63, 3.8) is 0 Å². The van der Waals surface area contributed by atoms with E-state index in [4.69, 9.17) is 5.11 Å². The highest BCUT2D eigenvalue weighted by molar-refractivity contribution is 5.67. The largest absolute Gasteiger partial charge is 0.481 e. The van der Waals surface area contributed by atoms with Crippen LogP contribution in [0, 0.1) is 0 Å². The van der Waals surface area contributed by atoms with Crippen LogP contribution in [0.4, 0.5) is 0 Å². The first-order valence-electron chi connectivity index (χ1n) is 5.89. The minimum absolute atomic E-state index is 0.170. The number of aryl methyl sites for hydroxylation is 2. The molecule has 0 saturated heterocycles. The summed E-state index contributed by atoms with van der Waals surface area (Å²) in [6.45, 7) is 3.60. The van der Waals surface area contributed by atoms with E-state index in [-0.39, 0.29) is 6.42 Å². The van der Waals surface area contributed by atoms with Crippen LogP contribution < -0.4 is 0 Å². The zero-order chi connectivity index (χ0) is 12.9. The summed E-state index contributed by atoms with van der Waals surface area (Å²) in [7, 11) is 0. The fourth-order valence-corrected chi connectivity index (χ4v) is 1.57. The van der Waals surface area contributed by atoms with Crippen LogP contribution in [0.5, 0.6) is 0 Å². The van der Waals surface area contributed by atoms with E-state index in [2.05, 4.69) is 0 Å². The van der Waals surface area contributed by atoms with Crippen LogP contribution in [0.3, 0.4) is 0 Å². The predicted molar refractivity (Wildman–Crippen MR) is 67.0 cm³/mol. The number of carbonyl (C=O) groups is 1. The first-order chi connectivity index (χ1) is 7.87. The average Bonchev–Trinajstić information content (AvgIpc) is 2.24. The first kappa shape index (κ1) is 13.7. The Hall–Kier alpha value is -1.35. The van der Waals surface area contributed by atoms with Gasteiger partial charge in [0, 0.05) is 6.42 Å². The maximum absolute atomic E-state index is 10.4. The van der Waals surface area contributed by atoms with Crippen molar-refractivity contribution in [2.24, 2.45) is 0 Å². The maximum Gasteiger partial charge on any atom is 0.303 e. The van der Waals surface area contributed by atoms with Crippen molar-refractivity contribution in [3.05, 3.63) is 35.4 Å². The topological polar surface area (TPSA) is 57.5 Å². The van der Waals surface area contributed by atoms with Crippen LogP contribution in [0.2, 0.25) is 0 Å². The molecule has 0 aliphatic carbocycles. The van der Waals surface area contributed by atoms with E-state index in [1.165, 1.54) is 5.56 Å². The molecule has 2 N–H and O–H groups in total. The Morgan fingerprint density at radius 2 is 1.59 bits per heavy atom. The molecule has 0 spiro atoms. The van der Waals surface area contributed by atoms with Gasteiger partial charge in [0.1, 0.15) is 0 Å². The van der Waals surface area contributed by atoms with Gasteiger partial charge in [-0.25, -0.2) is 0 Å². The second-order valence-electron chi connectivity index (χ2n) is 5.02. The summed E-state index contributed by atoms with van der Waals surface area (Å²) < 4.78 is 0. The molecule has 0 aromatic heterocycles. The standard InChI is InChI=1S/C14H20O3/c1-14(2,17)10-9-12-5-3-11(4-6-12)7-8-13(15)16/h3-6,17H,7-10H2,1-2H3,(H,15,16). The van der Waals surface area contributed by atoms with Crippen molar-refractivity contribution < 1.29 is 15.0 Å². The Morgan fingerprint density at radius 3 is 2.00 bits per heavy atom. The highest BCUT2D eigenvalue weighted by Gasteiger charge is 2.11. The molecule has 1 rings (SSSR count). The van der Waals surface area contributed by atoms with Crippen molar-refractivity contribution in [2.45, 2.75) is 45.1 Å². The Labute approximate surface area is 102 Å². The molecule has 94 valence electrons. The SMILES string of the molecule is CC(C)(O)CCc1ccc(CCC(=O)O)cc1. The third kappa shape index (κ3) is 6.07. The van der Waals surface area contributed by atoms with Crippen molar-refractivity contribution in [2.75, 3.05) is 0 Å². The third-order valence-corrected chi connectivity index (χ3v) is 2.68. The summed E-state index contributed by atoms with van der Waals surface area (Å²) in [5.41, 5.74) is 1.58. The third-order valence-electron chi connectivity index (χ3n) is 2.68. The van der Waals surface area contributed by atoms with Gasteiger partial charge < -0.3 is 10.2 Å². The van der Waals surface area contributed by atoms with E-state index >= 15 is 0 Å². The normalized spacial score (nSPS) is 11.5. The van der Waals surface area contributed by atoms with Gasteiger partial charge in [-0.3, -0.25) is 4.79 Å². The Kier molecular flexibility index (Phi) is 4.70. The lowest BCUT2D eigenvalue weighted by molar-refractivity contribution is -0.136. The molecule has 0 unspecified atom stereocenters. The van der Waals surface area contributed by atoms with Crippen LogP contribution in [0.25, 0.3) is 0 Å². The van der Waals surface area contributed by atoms with Crippen molar-refractivity contribution in [1.29, 1.82) is 0 Å². The molecule has 17 heavy (non-hydrogen) atoms. The van der Waals surface area contributed by atoms with Gasteiger partial charge >= 0.3 is 5.97 Å². The summed E-state index contributed by atoms with van der Waals surface area (Å²) >= 11 is 0. The number of aliphatic carboxylic acids is 1. The molecule has 3 heteroatoms. The molecule has 1 aromatic carbocycles. The fourth-order valence-electron chi connectivity index (χ4n) is 1.57. The number of rotatable bonds is 6. The van der Waals surface area contributed by atoms with E-state index in [1.807, 2.05) is 24.3 Å². The molecule has 3 nitrogen and oxygen atoms in total. The van der Waals surface area contributed by atoms with Gasteiger partial charge in [-0.15, -0.1) is 0 Å². The van der Waals surface area contributed by atoms with Crippen LogP contribution >= 0.6 is 0 Å². The van der Waals surface area contributed by atoms with Gasteiger partial charge in [-0.2, -0.15) is 0 Å². The molecule has 0 heterocycles. The molecule has 0 amide bonds. The van der Waals surface area contributed by atoms with Crippen molar-refractivity contribution >= 4 is 5.97 Å². The van der Waals surface area contributed by atoms with Crippen molar-refractivity contribution in [1.82, 2.24) is 0 Å². The second kappa shape index (κ2) is 5.82. The zero-order valence-corrected chi connectivity index (χ0v) is 10.4. The summed E-state index contributed by atoms with van der Waals surface area (Å²) in [5, 5.41) is 18.2. The van der Waals surface area contributed by atoms with Crippen molar-refractivity contribution in [3.8, 4) is 0 Å². The summed E-state index contributed by atoms with van der Waals surface area (Å²) in [6, 6.07) is 7.93. The Morgan fingerprint density at radius 1 is 1.12 bits per heavy atom. The molecular formula is C14H20O3. The van der Waals surface area contributed by atoms with E-state index in [1.54, 1.807) is 13.8 Å². The molecular weight excluding hydrogens is 216 g/mol. The number of benzene rings is 1. The molecule has 0 saturated carbocycles. The number of aliphatic hydroxyl groups is 1. The molecule has 0 aliphatic heterocycles. The van der Waals surface area contributed by atoms with Gasteiger partial charge in [-0.05, 0) is 44.2 Å². The predicted octanol–water partition coefficient (Wildman–Crippen LogP) is 2.41. The number of carboxylic acids is 1. The minimum atomic E-state index is -0.767. The number of hydrogen-bond acceptors (Lipinski definition) is 2. The quantitative estimate of drug-likeness (QED) is 0.797. The van der Waals surface area contributed by atoms with E-state index in [9.17, 15) is 9.90 Å². The lowest BCUT2D eigenvalue weighted by Gasteiger charge is -2.16. The Bertz CT molecular complexity index is 360. The first-order valence-corrected chi connectivity index (χ1v) is 5.89. The molecule has 0 radical (unpaired) electrons. The second-order valence-corrected chi connectivity index (χ2v) is 5.02. The van der Waals surface area contributed by atoms with Crippen LogP contribution in [0.15, 0.2) is 24.3 Å². The van der Waals surface area contributed by atoms with E-state index in [0.717, 1.165) is 18.4 Å². The fraction of sp³-hybridized carbons (Fsp3) is 0.500. The molecule has 0 atom stereocenters. The molecule has 0 bridgehead atoms. The zero-order valence-electron chi connectivity index (χ0n) is 10.4. The lowest BCUT2D eigenvalue weighted by Crippen LogP contribution is -2.19. The van der Waals surface area contributed by atoms with Crippen LogP contribution in [-0.4, -0.2) is 21.8 Å². The van der Waals surface area contributed by atoms with Gasteiger partial charge in [-0.1, -0.05) is 24.3 Å². The molecule has 1 aromatic rings. The highest BCUT2D eigenvalue weighted by Crippen LogP contribution is 2.14. The average molecular weight is 236 g/mol. The monoisotopic (exact) mass is 236 g/mol. The number of carboxylic acid groups (broad SMARTS) is 1. The van der Waals surface area contributed by atoms with Gasteiger partial charge in [0.2, 0.25) is 0 Å². The van der Waals surface area contributed by atoms with E-state index in [0.29, 0.717) is 6.42 Å². The summed E-state index contributed by atoms with van der Waals surface area (Å²) in [6.07, 6.45) is 2.30. The molecule has 0 fully saturated rings. The smallest absolute Gasteiger partial charge is 0.303 e. The molecule has 0 aliphatic rings. The minimum Gasteiger partial charge on any atom is -0.481 e. The van der Waals surface area contributed by atoms with Crippen LogP contribution in [-0.2, 0) is 17.6 Å². The van der Waals surface area contributed by atoms with Crippen LogP contribution in [0.1, 0.15) is 37.8 Å². The van der Waals surface area contributed by atoms with Gasteiger partial charge in [0.25, 0.3) is 0 Å². The van der Waals surface area contributed by atoms with Gasteiger partial charge in [0.05, 0.1) is 5.60 Å². The highest BCUT2D eigenvalue weighted by atomic mass is 16.4. The van der Waals surface area contributed by atoms with Gasteiger partial charge in [0.15, 0.2) is 0 Å². The Balaban J connectivity index is 2.47. The van der Waals surface area contributed by atoms with E-state index < -0.39 is 11.6 Å². The maximum atomic E-state index is 10.4. The number of hydrogen-bond donors (Lipinski definition) is 2. The summed E-state index contributed by atoms with van der Waals surface area (Å²) in [4.78, 5) is 10.4. The summed E-state index contributed by atoms with van der Waals surface area (Å²) in [5.74, 6) is -0.767. The lowest BCUT2D eigenvalue weighted by atomic mass is 9.98.